The second-order valence-electron chi connectivity index (χ2n) is 8.32. The normalized spacial score (nSPS) is 16.7. The number of ether oxygens (including phenoxy) is 1. The molecule has 0 radical (unpaired) electrons. The Morgan fingerprint density at radius 3 is 2.71 bits per heavy atom. The van der Waals surface area contributed by atoms with Crippen LogP contribution in [-0.2, 0) is 12.8 Å². The summed E-state index contributed by atoms with van der Waals surface area (Å²) in [5.74, 6) is 1.64. The van der Waals surface area contributed by atoms with Crippen LogP contribution in [0.1, 0.15) is 36.0 Å². The minimum atomic E-state index is -0.155. The predicted octanol–water partition coefficient (Wildman–Crippen LogP) is 4.93. The Bertz CT molecular complexity index is 927. The lowest BCUT2D eigenvalue weighted by Gasteiger charge is -2.24. The molecule has 2 aromatic carbocycles. The molecule has 2 aliphatic heterocycles. The third-order valence-electron chi connectivity index (χ3n) is 6.28. The van der Waals surface area contributed by atoms with Crippen LogP contribution in [-0.4, -0.2) is 62.0 Å². The highest BCUT2D eigenvalue weighted by Crippen LogP contribution is 2.26. The van der Waals surface area contributed by atoms with E-state index >= 15 is 0 Å². The molecule has 166 valence electrons. The van der Waals surface area contributed by atoms with E-state index in [-0.39, 0.29) is 5.82 Å². The van der Waals surface area contributed by atoms with Crippen molar-refractivity contribution in [1.82, 2.24) is 9.80 Å². The summed E-state index contributed by atoms with van der Waals surface area (Å²) in [5.41, 5.74) is 2.75. The summed E-state index contributed by atoms with van der Waals surface area (Å²) in [6.07, 6.45) is 5.09. The molecule has 2 heterocycles. The van der Waals surface area contributed by atoms with Gasteiger partial charge >= 0.3 is 0 Å². The lowest BCUT2D eigenvalue weighted by atomic mass is 9.97. The standard InChI is InChI=1S/C25H31BrFN3O/c1-31-24-11-9-20(26)18-19(24)8-10-21-22(6-4-7-23(21)27)25-28-12-17-30(25)16-5-15-29-13-2-3-14-29/h4,6-7,9,11,18H,2-3,5,8,10,12-17H2,1H3. The first-order valence-corrected chi connectivity index (χ1v) is 12.1. The van der Waals surface area contributed by atoms with E-state index in [1.54, 1.807) is 19.2 Å². The molecule has 4 nitrogen and oxygen atoms in total. The van der Waals surface area contributed by atoms with E-state index < -0.39 is 0 Å². The van der Waals surface area contributed by atoms with Gasteiger partial charge in [0.2, 0.25) is 0 Å². The van der Waals surface area contributed by atoms with Gasteiger partial charge in [-0.15, -0.1) is 0 Å². The Hall–Kier alpha value is -1.92. The van der Waals surface area contributed by atoms with Crippen molar-refractivity contribution in [2.45, 2.75) is 32.1 Å². The molecule has 1 saturated heterocycles. The first kappa shape index (κ1) is 22.3. The fourth-order valence-corrected chi connectivity index (χ4v) is 5.08. The summed E-state index contributed by atoms with van der Waals surface area (Å²) in [6, 6.07) is 11.3. The average molecular weight is 488 g/mol. The van der Waals surface area contributed by atoms with Crippen LogP contribution >= 0.6 is 15.9 Å². The van der Waals surface area contributed by atoms with Gasteiger partial charge in [-0.05, 0) is 87.1 Å². The summed E-state index contributed by atoms with van der Waals surface area (Å²) < 4.78 is 21.4. The molecule has 0 bridgehead atoms. The van der Waals surface area contributed by atoms with Gasteiger partial charge in [0.15, 0.2) is 0 Å². The van der Waals surface area contributed by atoms with E-state index in [2.05, 4.69) is 31.8 Å². The summed E-state index contributed by atoms with van der Waals surface area (Å²) in [7, 11) is 1.68. The van der Waals surface area contributed by atoms with Crippen molar-refractivity contribution in [3.8, 4) is 5.75 Å². The van der Waals surface area contributed by atoms with Gasteiger partial charge in [0.25, 0.3) is 0 Å². The highest BCUT2D eigenvalue weighted by molar-refractivity contribution is 9.10. The molecule has 0 aliphatic carbocycles. The van der Waals surface area contributed by atoms with Crippen LogP contribution in [0, 0.1) is 5.82 Å². The molecule has 31 heavy (non-hydrogen) atoms. The summed E-state index contributed by atoms with van der Waals surface area (Å²) in [5, 5.41) is 0. The number of likely N-dealkylation sites (tertiary alicyclic amines) is 1. The maximum absolute atomic E-state index is 14.9. The number of methoxy groups -OCH3 is 1. The zero-order valence-electron chi connectivity index (χ0n) is 18.2. The molecule has 0 N–H and O–H groups in total. The first-order valence-electron chi connectivity index (χ1n) is 11.3. The maximum Gasteiger partial charge on any atom is 0.131 e. The summed E-state index contributed by atoms with van der Waals surface area (Å²) in [4.78, 5) is 9.66. The van der Waals surface area contributed by atoms with Crippen LogP contribution < -0.4 is 4.74 Å². The Kier molecular flexibility index (Phi) is 7.62. The number of hydrogen-bond acceptors (Lipinski definition) is 4. The maximum atomic E-state index is 14.9. The molecule has 0 spiro atoms. The average Bonchev–Trinajstić information content (AvgIpc) is 3.45. The van der Waals surface area contributed by atoms with E-state index in [9.17, 15) is 4.39 Å². The fourth-order valence-electron chi connectivity index (χ4n) is 4.67. The highest BCUT2D eigenvalue weighted by Gasteiger charge is 2.23. The second-order valence-corrected chi connectivity index (χ2v) is 9.23. The first-order chi connectivity index (χ1) is 15.2. The van der Waals surface area contributed by atoms with Crippen molar-refractivity contribution in [3.63, 3.8) is 0 Å². The molecule has 0 aromatic heterocycles. The van der Waals surface area contributed by atoms with E-state index in [4.69, 9.17) is 9.73 Å². The lowest BCUT2D eigenvalue weighted by molar-refractivity contribution is 0.313. The number of benzene rings is 2. The number of halogens is 2. The number of aliphatic imine (C=N–C) groups is 1. The van der Waals surface area contributed by atoms with Crippen molar-refractivity contribution in [1.29, 1.82) is 0 Å². The van der Waals surface area contributed by atoms with Gasteiger partial charge in [-0.3, -0.25) is 4.99 Å². The van der Waals surface area contributed by atoms with Gasteiger partial charge in [0.1, 0.15) is 17.4 Å². The van der Waals surface area contributed by atoms with Gasteiger partial charge in [-0.1, -0.05) is 28.1 Å². The monoisotopic (exact) mass is 487 g/mol. The van der Waals surface area contributed by atoms with Crippen molar-refractivity contribution < 1.29 is 9.13 Å². The largest absolute Gasteiger partial charge is 0.496 e. The Labute approximate surface area is 193 Å². The third-order valence-corrected chi connectivity index (χ3v) is 6.77. The number of nitrogens with zero attached hydrogens (tertiary/aromatic N) is 3. The molecule has 6 heteroatoms. The number of amidine groups is 1. The van der Waals surface area contributed by atoms with Crippen LogP contribution in [0.15, 0.2) is 45.9 Å². The van der Waals surface area contributed by atoms with Gasteiger partial charge in [-0.25, -0.2) is 4.39 Å². The highest BCUT2D eigenvalue weighted by atomic mass is 79.9. The molecule has 1 fully saturated rings. The molecule has 2 aliphatic rings. The zero-order valence-corrected chi connectivity index (χ0v) is 19.8. The summed E-state index contributed by atoms with van der Waals surface area (Å²) in [6.45, 7) is 6.29. The second kappa shape index (κ2) is 10.6. The topological polar surface area (TPSA) is 28.1 Å². The van der Waals surface area contributed by atoms with Gasteiger partial charge in [0, 0.05) is 23.1 Å². The Morgan fingerprint density at radius 2 is 1.90 bits per heavy atom. The predicted molar refractivity (Wildman–Crippen MR) is 128 cm³/mol. The number of rotatable bonds is 9. The van der Waals surface area contributed by atoms with Crippen LogP contribution in [0.3, 0.4) is 0 Å². The van der Waals surface area contributed by atoms with E-state index in [0.29, 0.717) is 12.8 Å². The molecule has 4 rings (SSSR count). The minimum absolute atomic E-state index is 0.155. The zero-order chi connectivity index (χ0) is 21.6. The molecule has 0 saturated carbocycles. The summed E-state index contributed by atoms with van der Waals surface area (Å²) >= 11 is 3.53. The van der Waals surface area contributed by atoms with Crippen molar-refractivity contribution in [2.75, 3.05) is 46.4 Å². The van der Waals surface area contributed by atoms with Crippen LogP contribution in [0.4, 0.5) is 4.39 Å². The Morgan fingerprint density at radius 1 is 1.06 bits per heavy atom. The van der Waals surface area contributed by atoms with Gasteiger partial charge in [-0.2, -0.15) is 0 Å². The van der Waals surface area contributed by atoms with E-state index in [1.165, 1.54) is 25.9 Å². The van der Waals surface area contributed by atoms with E-state index in [1.807, 2.05) is 18.2 Å². The molecule has 2 aromatic rings. The van der Waals surface area contributed by atoms with Crippen LogP contribution in [0.25, 0.3) is 0 Å². The smallest absolute Gasteiger partial charge is 0.131 e. The molecule has 0 unspecified atom stereocenters. The molecule has 0 atom stereocenters. The SMILES string of the molecule is COc1ccc(Br)cc1CCc1c(F)cccc1C1=NCCN1CCCN1CCCC1. The lowest BCUT2D eigenvalue weighted by Crippen LogP contribution is -2.32. The molecular weight excluding hydrogens is 457 g/mol. The molecule has 0 amide bonds. The number of hydrogen-bond donors (Lipinski definition) is 0. The molecular formula is C25H31BrFN3O. The van der Waals surface area contributed by atoms with Gasteiger partial charge in [0.05, 0.1) is 13.7 Å². The fraction of sp³-hybridized carbons (Fsp3) is 0.480. The van der Waals surface area contributed by atoms with E-state index in [0.717, 1.165) is 65.3 Å². The number of aryl methyl sites for hydroxylation is 1. The van der Waals surface area contributed by atoms with Crippen molar-refractivity contribution in [2.24, 2.45) is 4.99 Å². The van der Waals surface area contributed by atoms with Crippen LogP contribution in [0.5, 0.6) is 5.75 Å². The minimum Gasteiger partial charge on any atom is -0.496 e. The van der Waals surface area contributed by atoms with Crippen molar-refractivity contribution in [3.05, 3.63) is 63.4 Å². The van der Waals surface area contributed by atoms with Gasteiger partial charge < -0.3 is 14.5 Å². The Balaban J connectivity index is 1.47. The quantitative estimate of drug-likeness (QED) is 0.501. The third kappa shape index (κ3) is 5.47. The van der Waals surface area contributed by atoms with Crippen molar-refractivity contribution >= 4 is 21.8 Å². The van der Waals surface area contributed by atoms with Crippen LogP contribution in [0.2, 0.25) is 0 Å².